The number of anilines is 2. The van der Waals surface area contributed by atoms with Gasteiger partial charge < -0.3 is 10.6 Å². The second-order valence-electron chi connectivity index (χ2n) is 5.08. The highest BCUT2D eigenvalue weighted by molar-refractivity contribution is 5.47. The van der Waals surface area contributed by atoms with Crippen molar-refractivity contribution in [2.45, 2.75) is 39.0 Å². The zero-order chi connectivity index (χ0) is 12.3. The molecule has 0 amide bonds. The van der Waals surface area contributed by atoms with Crippen LogP contribution in [-0.2, 0) is 0 Å². The van der Waals surface area contributed by atoms with Gasteiger partial charge in [0.25, 0.3) is 0 Å². The number of hydrogen-bond acceptors (Lipinski definition) is 4. The SMILES string of the molecule is CNc1cc(NCC2CCC2)nc(C(C)C)n1. The highest BCUT2D eigenvalue weighted by atomic mass is 15.1. The molecule has 17 heavy (non-hydrogen) atoms. The Bertz CT molecular complexity index is 372. The van der Waals surface area contributed by atoms with Gasteiger partial charge in [-0.1, -0.05) is 20.3 Å². The maximum Gasteiger partial charge on any atom is 0.135 e. The molecular weight excluding hydrogens is 212 g/mol. The first-order chi connectivity index (χ1) is 8.19. The summed E-state index contributed by atoms with van der Waals surface area (Å²) in [5, 5.41) is 6.51. The van der Waals surface area contributed by atoms with Crippen LogP contribution in [0.5, 0.6) is 0 Å². The van der Waals surface area contributed by atoms with Crippen LogP contribution in [0, 0.1) is 5.92 Å². The van der Waals surface area contributed by atoms with Gasteiger partial charge in [-0.25, -0.2) is 9.97 Å². The maximum atomic E-state index is 4.55. The Hall–Kier alpha value is -1.32. The van der Waals surface area contributed by atoms with Crippen molar-refractivity contribution < 1.29 is 0 Å². The minimum Gasteiger partial charge on any atom is -0.373 e. The Labute approximate surface area is 103 Å². The summed E-state index contributed by atoms with van der Waals surface area (Å²) in [4.78, 5) is 9.00. The lowest BCUT2D eigenvalue weighted by Gasteiger charge is -2.25. The van der Waals surface area contributed by atoms with Gasteiger partial charge in [-0.3, -0.25) is 0 Å². The van der Waals surface area contributed by atoms with Crippen molar-refractivity contribution in [3.63, 3.8) is 0 Å². The Morgan fingerprint density at radius 2 is 2.00 bits per heavy atom. The zero-order valence-electron chi connectivity index (χ0n) is 11.0. The number of nitrogens with one attached hydrogen (secondary N) is 2. The summed E-state index contributed by atoms with van der Waals surface area (Å²) in [6.45, 7) is 5.27. The van der Waals surface area contributed by atoms with Crippen molar-refractivity contribution in [2.75, 3.05) is 24.2 Å². The van der Waals surface area contributed by atoms with E-state index in [1.54, 1.807) is 0 Å². The average Bonchev–Trinajstić information content (AvgIpc) is 2.26. The predicted molar refractivity (Wildman–Crippen MR) is 71.5 cm³/mol. The first-order valence-corrected chi connectivity index (χ1v) is 6.49. The Morgan fingerprint density at radius 3 is 2.53 bits per heavy atom. The molecule has 1 saturated carbocycles. The zero-order valence-corrected chi connectivity index (χ0v) is 11.0. The van der Waals surface area contributed by atoms with E-state index in [4.69, 9.17) is 0 Å². The molecule has 0 aromatic carbocycles. The number of rotatable bonds is 5. The van der Waals surface area contributed by atoms with Crippen molar-refractivity contribution in [1.82, 2.24) is 9.97 Å². The maximum absolute atomic E-state index is 4.55. The van der Waals surface area contributed by atoms with Crippen LogP contribution in [0.3, 0.4) is 0 Å². The molecule has 1 aromatic heterocycles. The Kier molecular flexibility index (Phi) is 3.82. The van der Waals surface area contributed by atoms with Crippen LogP contribution in [0.1, 0.15) is 44.9 Å². The van der Waals surface area contributed by atoms with Gasteiger partial charge in [0.15, 0.2) is 0 Å². The molecule has 2 N–H and O–H groups in total. The molecule has 0 aliphatic heterocycles. The smallest absolute Gasteiger partial charge is 0.135 e. The Balaban J connectivity index is 2.05. The third kappa shape index (κ3) is 3.08. The van der Waals surface area contributed by atoms with Crippen LogP contribution in [0.25, 0.3) is 0 Å². The van der Waals surface area contributed by atoms with E-state index >= 15 is 0 Å². The van der Waals surface area contributed by atoms with Gasteiger partial charge in [0.2, 0.25) is 0 Å². The molecule has 1 aliphatic carbocycles. The number of aromatic nitrogens is 2. The van der Waals surface area contributed by atoms with Crippen molar-refractivity contribution in [3.05, 3.63) is 11.9 Å². The number of nitrogens with zero attached hydrogens (tertiary/aromatic N) is 2. The summed E-state index contributed by atoms with van der Waals surface area (Å²) in [5.41, 5.74) is 0. The standard InChI is InChI=1S/C13H22N4/c1-9(2)13-16-11(14-3)7-12(17-13)15-8-10-5-4-6-10/h7,9-10H,4-6,8H2,1-3H3,(H2,14,15,16,17). The molecule has 0 unspecified atom stereocenters. The average molecular weight is 234 g/mol. The lowest BCUT2D eigenvalue weighted by Crippen LogP contribution is -2.21. The summed E-state index contributed by atoms with van der Waals surface area (Å²) in [5.74, 6) is 3.92. The molecule has 1 aromatic rings. The van der Waals surface area contributed by atoms with Gasteiger partial charge >= 0.3 is 0 Å². The van der Waals surface area contributed by atoms with Gasteiger partial charge in [-0.05, 0) is 18.8 Å². The molecule has 0 bridgehead atoms. The highest BCUT2D eigenvalue weighted by Crippen LogP contribution is 2.26. The second kappa shape index (κ2) is 5.34. The van der Waals surface area contributed by atoms with Crippen LogP contribution in [0.15, 0.2) is 6.07 Å². The van der Waals surface area contributed by atoms with E-state index in [1.165, 1.54) is 19.3 Å². The summed E-state index contributed by atoms with van der Waals surface area (Å²) in [6, 6.07) is 1.98. The van der Waals surface area contributed by atoms with E-state index in [9.17, 15) is 0 Å². The summed E-state index contributed by atoms with van der Waals surface area (Å²) in [6.07, 6.45) is 4.09. The minimum atomic E-state index is 0.354. The molecule has 4 heteroatoms. The first-order valence-electron chi connectivity index (χ1n) is 6.49. The van der Waals surface area contributed by atoms with Crippen LogP contribution >= 0.6 is 0 Å². The van der Waals surface area contributed by atoms with Crippen molar-refractivity contribution >= 4 is 11.6 Å². The summed E-state index contributed by atoms with van der Waals surface area (Å²) in [7, 11) is 1.89. The topological polar surface area (TPSA) is 49.8 Å². The molecule has 0 spiro atoms. The highest BCUT2D eigenvalue weighted by Gasteiger charge is 2.17. The normalized spacial score (nSPS) is 15.8. The monoisotopic (exact) mass is 234 g/mol. The molecule has 0 atom stereocenters. The fourth-order valence-corrected chi connectivity index (χ4v) is 1.89. The largest absolute Gasteiger partial charge is 0.373 e. The van der Waals surface area contributed by atoms with E-state index < -0.39 is 0 Å². The first kappa shape index (κ1) is 12.1. The third-order valence-corrected chi connectivity index (χ3v) is 3.31. The van der Waals surface area contributed by atoms with E-state index in [0.717, 1.165) is 29.9 Å². The van der Waals surface area contributed by atoms with Gasteiger partial charge in [0.05, 0.1) is 0 Å². The third-order valence-electron chi connectivity index (χ3n) is 3.31. The molecule has 4 nitrogen and oxygen atoms in total. The van der Waals surface area contributed by atoms with Crippen LogP contribution < -0.4 is 10.6 Å². The quantitative estimate of drug-likeness (QED) is 0.822. The van der Waals surface area contributed by atoms with Crippen molar-refractivity contribution in [2.24, 2.45) is 5.92 Å². The van der Waals surface area contributed by atoms with E-state index in [0.29, 0.717) is 5.92 Å². The summed E-state index contributed by atoms with van der Waals surface area (Å²) < 4.78 is 0. The molecular formula is C13H22N4. The minimum absolute atomic E-state index is 0.354. The van der Waals surface area contributed by atoms with Crippen LogP contribution in [0.4, 0.5) is 11.6 Å². The van der Waals surface area contributed by atoms with Gasteiger partial charge in [-0.2, -0.15) is 0 Å². The number of hydrogen-bond donors (Lipinski definition) is 2. The van der Waals surface area contributed by atoms with Gasteiger partial charge in [0, 0.05) is 25.6 Å². The van der Waals surface area contributed by atoms with Crippen molar-refractivity contribution in [3.8, 4) is 0 Å². The van der Waals surface area contributed by atoms with Crippen molar-refractivity contribution in [1.29, 1.82) is 0 Å². The second-order valence-corrected chi connectivity index (χ2v) is 5.08. The molecule has 0 saturated heterocycles. The Morgan fingerprint density at radius 1 is 1.29 bits per heavy atom. The van der Waals surface area contributed by atoms with Crippen LogP contribution in [0.2, 0.25) is 0 Å². The predicted octanol–water partition coefficient (Wildman–Crippen LogP) is 2.85. The molecule has 94 valence electrons. The molecule has 0 radical (unpaired) electrons. The van der Waals surface area contributed by atoms with E-state index in [1.807, 2.05) is 13.1 Å². The molecule has 1 fully saturated rings. The van der Waals surface area contributed by atoms with Gasteiger partial charge in [-0.15, -0.1) is 0 Å². The van der Waals surface area contributed by atoms with Crippen LogP contribution in [-0.4, -0.2) is 23.6 Å². The lowest BCUT2D eigenvalue weighted by molar-refractivity contribution is 0.333. The fraction of sp³-hybridized carbons (Fsp3) is 0.692. The lowest BCUT2D eigenvalue weighted by atomic mass is 9.85. The van der Waals surface area contributed by atoms with Gasteiger partial charge in [0.1, 0.15) is 17.5 Å². The van der Waals surface area contributed by atoms with E-state index in [-0.39, 0.29) is 0 Å². The molecule has 1 aliphatic rings. The fourth-order valence-electron chi connectivity index (χ4n) is 1.89. The van der Waals surface area contributed by atoms with E-state index in [2.05, 4.69) is 34.4 Å². The molecule has 2 rings (SSSR count). The molecule has 1 heterocycles. The summed E-state index contributed by atoms with van der Waals surface area (Å²) >= 11 is 0.